The average Bonchev–Trinajstić information content (AvgIpc) is 2.71. The Labute approximate surface area is 177 Å². The van der Waals surface area contributed by atoms with Gasteiger partial charge in [0.1, 0.15) is 0 Å². The van der Waals surface area contributed by atoms with E-state index in [4.69, 9.17) is 0 Å². The van der Waals surface area contributed by atoms with E-state index in [1.807, 2.05) is 42.4 Å². The lowest BCUT2D eigenvalue weighted by Crippen LogP contribution is -2.64. The quantitative estimate of drug-likeness (QED) is 0.645. The zero-order valence-corrected chi connectivity index (χ0v) is 19.3. The lowest BCUT2D eigenvalue weighted by Gasteiger charge is -2.51. The third-order valence-corrected chi connectivity index (χ3v) is 7.14. The molecule has 4 nitrogen and oxygen atoms in total. The summed E-state index contributed by atoms with van der Waals surface area (Å²) < 4.78 is 28.9. The van der Waals surface area contributed by atoms with E-state index in [9.17, 15) is 13.6 Å². The van der Waals surface area contributed by atoms with Gasteiger partial charge in [0.05, 0.1) is 12.6 Å². The molecule has 3 fully saturated rings. The molecular weight excluding hydrogens is 372 g/mol. The molecule has 3 aliphatic heterocycles. The minimum Gasteiger partial charge on any atom is -0.342 e. The van der Waals surface area contributed by atoms with E-state index in [0.717, 1.165) is 58.4 Å². The first-order valence-corrected chi connectivity index (χ1v) is 12.0. The average molecular weight is 416 g/mol. The number of hydrogen-bond donors (Lipinski definition) is 0. The van der Waals surface area contributed by atoms with Crippen molar-refractivity contribution in [3.8, 4) is 0 Å². The second-order valence-corrected chi connectivity index (χ2v) is 9.07. The SMILES string of the molecule is CC.CCC(C)C(=O)N1CCC(CC2CN(C3CCN(CC)CC3(F)F)C2)CC1. The third-order valence-electron chi connectivity index (χ3n) is 7.14. The minimum absolute atomic E-state index is 0.0853. The second kappa shape index (κ2) is 11.0. The van der Waals surface area contributed by atoms with Crippen molar-refractivity contribution in [3.05, 3.63) is 0 Å². The number of hydrogen-bond acceptors (Lipinski definition) is 3. The first-order chi connectivity index (χ1) is 13.8. The van der Waals surface area contributed by atoms with Crippen LogP contribution in [-0.4, -0.2) is 78.4 Å². The number of alkyl halides is 2. The molecule has 0 aromatic heterocycles. The van der Waals surface area contributed by atoms with E-state index < -0.39 is 12.0 Å². The van der Waals surface area contributed by atoms with Gasteiger partial charge >= 0.3 is 0 Å². The van der Waals surface area contributed by atoms with Gasteiger partial charge in [-0.2, -0.15) is 0 Å². The zero-order valence-electron chi connectivity index (χ0n) is 19.3. The predicted molar refractivity (Wildman–Crippen MR) is 115 cm³/mol. The van der Waals surface area contributed by atoms with Crippen molar-refractivity contribution in [1.29, 1.82) is 0 Å². The van der Waals surface area contributed by atoms with Crippen molar-refractivity contribution in [1.82, 2.24) is 14.7 Å². The molecule has 0 bridgehead atoms. The van der Waals surface area contributed by atoms with Gasteiger partial charge in [0.15, 0.2) is 0 Å². The van der Waals surface area contributed by atoms with Crippen molar-refractivity contribution >= 4 is 5.91 Å². The number of likely N-dealkylation sites (tertiary alicyclic amines) is 3. The molecule has 3 aliphatic rings. The molecule has 0 saturated carbocycles. The Kier molecular flexibility index (Phi) is 9.33. The molecule has 0 radical (unpaired) electrons. The fourth-order valence-corrected chi connectivity index (χ4v) is 5.08. The number of carbonyl (C=O) groups excluding carboxylic acids is 1. The summed E-state index contributed by atoms with van der Waals surface area (Å²) in [6.07, 6.45) is 4.77. The van der Waals surface area contributed by atoms with E-state index in [2.05, 4.69) is 6.92 Å². The Bertz CT molecular complexity index is 502. The molecular formula is C23H43F2N3O. The van der Waals surface area contributed by atoms with Crippen LogP contribution in [0.1, 0.15) is 66.7 Å². The second-order valence-electron chi connectivity index (χ2n) is 9.07. The van der Waals surface area contributed by atoms with E-state index in [1.54, 1.807) is 0 Å². The number of piperidine rings is 2. The van der Waals surface area contributed by atoms with E-state index in [1.165, 1.54) is 0 Å². The first kappa shape index (κ1) is 24.5. The van der Waals surface area contributed by atoms with Gasteiger partial charge < -0.3 is 4.90 Å². The van der Waals surface area contributed by atoms with Crippen molar-refractivity contribution in [3.63, 3.8) is 0 Å². The molecule has 0 aliphatic carbocycles. The molecule has 2 atom stereocenters. The van der Waals surface area contributed by atoms with Crippen LogP contribution in [0.25, 0.3) is 0 Å². The Morgan fingerprint density at radius 1 is 1.03 bits per heavy atom. The normalized spacial score (nSPS) is 27.7. The molecule has 0 aromatic carbocycles. The zero-order chi connectivity index (χ0) is 21.6. The lowest BCUT2D eigenvalue weighted by molar-refractivity contribution is -0.150. The summed E-state index contributed by atoms with van der Waals surface area (Å²) in [5, 5.41) is 0. The standard InChI is InChI=1S/C21H37F2N3O.C2H6/c1-4-16(3)20(27)25-10-6-17(7-11-25)12-18-13-26(14-18)19-8-9-24(5-2)15-21(19,22)23;1-2/h16-19H,4-15H2,1-3H3;1-2H3. The van der Waals surface area contributed by atoms with Crippen LogP contribution in [0, 0.1) is 17.8 Å². The van der Waals surface area contributed by atoms with Crippen LogP contribution >= 0.6 is 0 Å². The van der Waals surface area contributed by atoms with Gasteiger partial charge in [-0.1, -0.05) is 34.6 Å². The molecule has 2 unspecified atom stereocenters. The minimum atomic E-state index is -2.58. The predicted octanol–water partition coefficient (Wildman–Crippen LogP) is 4.35. The molecule has 170 valence electrons. The van der Waals surface area contributed by atoms with Crippen LogP contribution in [-0.2, 0) is 4.79 Å². The van der Waals surface area contributed by atoms with Crippen LogP contribution in [0.4, 0.5) is 8.78 Å². The number of carbonyl (C=O) groups is 1. The highest BCUT2D eigenvalue weighted by Gasteiger charge is 2.50. The number of nitrogens with zero attached hydrogens (tertiary/aromatic N) is 3. The summed E-state index contributed by atoms with van der Waals surface area (Å²) in [7, 11) is 0. The number of halogens is 2. The van der Waals surface area contributed by atoms with Gasteiger partial charge in [0, 0.05) is 38.6 Å². The summed E-state index contributed by atoms with van der Waals surface area (Å²) in [5.41, 5.74) is 0. The van der Waals surface area contributed by atoms with Crippen molar-refractivity contribution in [2.45, 2.75) is 78.7 Å². The summed E-state index contributed by atoms with van der Waals surface area (Å²) >= 11 is 0. The fraction of sp³-hybridized carbons (Fsp3) is 0.957. The molecule has 3 rings (SSSR count). The van der Waals surface area contributed by atoms with Crippen molar-refractivity contribution in [2.24, 2.45) is 17.8 Å². The van der Waals surface area contributed by atoms with Crippen molar-refractivity contribution in [2.75, 3.05) is 45.8 Å². The molecule has 3 saturated heterocycles. The Hall–Kier alpha value is -0.750. The van der Waals surface area contributed by atoms with Crippen LogP contribution in [0.15, 0.2) is 0 Å². The van der Waals surface area contributed by atoms with Crippen LogP contribution in [0.5, 0.6) is 0 Å². The van der Waals surface area contributed by atoms with E-state index >= 15 is 0 Å². The molecule has 0 aromatic rings. The molecule has 1 amide bonds. The third kappa shape index (κ3) is 6.13. The Balaban J connectivity index is 0.00000145. The maximum atomic E-state index is 14.5. The molecule has 6 heteroatoms. The van der Waals surface area contributed by atoms with Gasteiger partial charge in [-0.25, -0.2) is 8.78 Å². The first-order valence-electron chi connectivity index (χ1n) is 12.0. The Morgan fingerprint density at radius 2 is 1.66 bits per heavy atom. The fourth-order valence-electron chi connectivity index (χ4n) is 5.08. The summed E-state index contributed by atoms with van der Waals surface area (Å²) in [5.74, 6) is -0.942. The summed E-state index contributed by atoms with van der Waals surface area (Å²) in [6, 6.07) is -0.563. The van der Waals surface area contributed by atoms with Gasteiger partial charge in [0.2, 0.25) is 5.91 Å². The highest BCUT2D eigenvalue weighted by Crippen LogP contribution is 2.37. The van der Waals surface area contributed by atoms with Gasteiger partial charge in [-0.15, -0.1) is 0 Å². The highest BCUT2D eigenvalue weighted by molar-refractivity contribution is 5.78. The largest absolute Gasteiger partial charge is 0.342 e. The summed E-state index contributed by atoms with van der Waals surface area (Å²) in [6.45, 7) is 14.9. The lowest BCUT2D eigenvalue weighted by atomic mass is 9.81. The molecule has 0 spiro atoms. The smallest absolute Gasteiger partial charge is 0.275 e. The van der Waals surface area contributed by atoms with Crippen LogP contribution < -0.4 is 0 Å². The molecule has 29 heavy (non-hydrogen) atoms. The maximum Gasteiger partial charge on any atom is 0.275 e. The van der Waals surface area contributed by atoms with E-state index in [0.29, 0.717) is 30.7 Å². The van der Waals surface area contributed by atoms with Gasteiger partial charge in [-0.3, -0.25) is 14.6 Å². The van der Waals surface area contributed by atoms with Gasteiger partial charge in [0.25, 0.3) is 5.92 Å². The maximum absolute atomic E-state index is 14.5. The molecule has 0 N–H and O–H groups in total. The highest BCUT2D eigenvalue weighted by atomic mass is 19.3. The number of amides is 1. The Morgan fingerprint density at radius 3 is 2.17 bits per heavy atom. The van der Waals surface area contributed by atoms with Crippen LogP contribution in [0.3, 0.4) is 0 Å². The topological polar surface area (TPSA) is 26.8 Å². The van der Waals surface area contributed by atoms with E-state index in [-0.39, 0.29) is 12.5 Å². The number of rotatable bonds is 6. The van der Waals surface area contributed by atoms with Gasteiger partial charge in [-0.05, 0) is 50.5 Å². The van der Waals surface area contributed by atoms with Crippen LogP contribution in [0.2, 0.25) is 0 Å². The monoisotopic (exact) mass is 415 g/mol. The summed E-state index contributed by atoms with van der Waals surface area (Å²) in [4.78, 5) is 18.2. The van der Waals surface area contributed by atoms with Crippen molar-refractivity contribution < 1.29 is 13.6 Å². The molecule has 3 heterocycles.